The number of benzene rings is 1. The number of carbonyl (C=O) groups is 1. The number of phenols is 2. The van der Waals surface area contributed by atoms with Crippen molar-refractivity contribution in [3.8, 4) is 11.5 Å². The Bertz CT molecular complexity index is 655. The predicted octanol–water partition coefficient (Wildman–Crippen LogP) is 1.23. The van der Waals surface area contributed by atoms with Gasteiger partial charge in [0, 0.05) is 6.07 Å². The zero-order chi connectivity index (χ0) is 16.1. The number of hydrogen-bond donors (Lipinski definition) is 4. The van der Waals surface area contributed by atoms with Crippen molar-refractivity contribution in [3.63, 3.8) is 0 Å². The number of nitrogens with one attached hydrogen (secondary N) is 1. The van der Waals surface area contributed by atoms with Crippen LogP contribution in [0, 0.1) is 0 Å². The molecule has 0 fully saturated rings. The molecule has 2 rings (SSSR count). The highest BCUT2D eigenvalue weighted by molar-refractivity contribution is 7.83. The molecule has 0 bridgehead atoms. The molecule has 1 aromatic rings. The number of nitrogens with two attached hydrogens (primary N) is 1. The molecule has 0 saturated heterocycles. The molecular formula is C15H18N2O4S. The van der Waals surface area contributed by atoms with Gasteiger partial charge in [0.15, 0.2) is 11.5 Å². The lowest BCUT2D eigenvalue weighted by Crippen LogP contribution is -2.42. The maximum absolute atomic E-state index is 12.2. The summed E-state index contributed by atoms with van der Waals surface area (Å²) >= 11 is 0. The van der Waals surface area contributed by atoms with Gasteiger partial charge in [-0.1, -0.05) is 23.8 Å². The summed E-state index contributed by atoms with van der Waals surface area (Å²) in [6.07, 6.45) is 8.19. The summed E-state index contributed by atoms with van der Waals surface area (Å²) < 4.78 is 14.9. The van der Waals surface area contributed by atoms with E-state index in [1.54, 1.807) is 0 Å². The Balaban J connectivity index is 2.08. The number of allylic oxidation sites excluding steroid dienone is 3. The standard InChI is InChI=1S/C15H18N2O4S/c16-15(20)12(8-10-4-2-1-3-5-10)17-22(21)11-6-7-13(18)14(19)9-11/h2,4-7,9,12,17-19H,1,3,8H2,(H2,16,20). The SMILES string of the molecule is NC(=O)C(CC1=CCCC=C1)NS(=O)c1ccc(O)c(O)c1. The van der Waals surface area contributed by atoms with Crippen molar-refractivity contribution < 1.29 is 19.2 Å². The largest absolute Gasteiger partial charge is 0.504 e. The van der Waals surface area contributed by atoms with E-state index in [0.717, 1.165) is 18.4 Å². The molecule has 0 heterocycles. The van der Waals surface area contributed by atoms with Gasteiger partial charge >= 0.3 is 0 Å². The van der Waals surface area contributed by atoms with Crippen LogP contribution in [0.2, 0.25) is 0 Å². The molecule has 0 radical (unpaired) electrons. The summed E-state index contributed by atoms with van der Waals surface area (Å²) in [5, 5.41) is 18.7. The van der Waals surface area contributed by atoms with Gasteiger partial charge in [0.1, 0.15) is 17.0 Å². The smallest absolute Gasteiger partial charge is 0.235 e. The average Bonchev–Trinajstić information content (AvgIpc) is 2.50. The highest BCUT2D eigenvalue weighted by Crippen LogP contribution is 2.26. The number of aromatic hydroxyl groups is 2. The van der Waals surface area contributed by atoms with Crippen LogP contribution in [0.4, 0.5) is 0 Å². The topological polar surface area (TPSA) is 113 Å². The van der Waals surface area contributed by atoms with Crippen LogP contribution >= 0.6 is 0 Å². The zero-order valence-corrected chi connectivity index (χ0v) is 12.7. The molecule has 2 atom stereocenters. The molecule has 2 unspecified atom stereocenters. The molecule has 22 heavy (non-hydrogen) atoms. The lowest BCUT2D eigenvalue weighted by atomic mass is 10.0. The molecule has 0 saturated carbocycles. The molecule has 0 aromatic heterocycles. The fourth-order valence-electron chi connectivity index (χ4n) is 2.07. The maximum Gasteiger partial charge on any atom is 0.235 e. The number of primary amides is 1. The number of carbonyl (C=O) groups excluding carboxylic acids is 1. The fraction of sp³-hybridized carbons (Fsp3) is 0.267. The van der Waals surface area contributed by atoms with E-state index in [1.807, 2.05) is 18.2 Å². The van der Waals surface area contributed by atoms with Gasteiger partial charge < -0.3 is 15.9 Å². The molecule has 1 aliphatic rings. The lowest BCUT2D eigenvalue weighted by molar-refractivity contribution is -0.119. The predicted molar refractivity (Wildman–Crippen MR) is 83.4 cm³/mol. The Morgan fingerprint density at radius 3 is 2.68 bits per heavy atom. The van der Waals surface area contributed by atoms with Crippen LogP contribution in [-0.4, -0.2) is 26.4 Å². The van der Waals surface area contributed by atoms with Gasteiger partial charge in [0.25, 0.3) is 0 Å². The third kappa shape index (κ3) is 4.19. The summed E-state index contributed by atoms with van der Waals surface area (Å²) in [5.41, 5.74) is 6.32. The fourth-order valence-corrected chi connectivity index (χ4v) is 3.08. The minimum Gasteiger partial charge on any atom is -0.504 e. The first kappa shape index (κ1) is 16.3. The minimum absolute atomic E-state index is 0.245. The Morgan fingerprint density at radius 1 is 1.32 bits per heavy atom. The van der Waals surface area contributed by atoms with Gasteiger partial charge in [-0.05, 0) is 31.4 Å². The number of amides is 1. The van der Waals surface area contributed by atoms with Crippen molar-refractivity contribution >= 4 is 16.9 Å². The second-order valence-electron chi connectivity index (χ2n) is 4.95. The second-order valence-corrected chi connectivity index (χ2v) is 6.20. The monoisotopic (exact) mass is 322 g/mol. The Kier molecular flexibility index (Phi) is 5.35. The normalized spacial score (nSPS) is 16.8. The highest BCUT2D eigenvalue weighted by Gasteiger charge is 2.20. The Hall–Kier alpha value is -2.12. The molecular weight excluding hydrogens is 304 g/mol. The van der Waals surface area contributed by atoms with Crippen LogP contribution in [-0.2, 0) is 15.8 Å². The summed E-state index contributed by atoms with van der Waals surface area (Å²) in [7, 11) is -1.73. The third-order valence-corrected chi connectivity index (χ3v) is 4.45. The lowest BCUT2D eigenvalue weighted by Gasteiger charge is -2.17. The van der Waals surface area contributed by atoms with Crippen LogP contribution in [0.3, 0.4) is 0 Å². The van der Waals surface area contributed by atoms with E-state index in [4.69, 9.17) is 5.73 Å². The van der Waals surface area contributed by atoms with Crippen LogP contribution in [0.1, 0.15) is 19.3 Å². The van der Waals surface area contributed by atoms with Crippen molar-refractivity contribution in [3.05, 3.63) is 42.0 Å². The van der Waals surface area contributed by atoms with Crippen molar-refractivity contribution in [1.82, 2.24) is 4.72 Å². The average molecular weight is 322 g/mol. The van der Waals surface area contributed by atoms with Crippen molar-refractivity contribution in [2.24, 2.45) is 5.73 Å². The van der Waals surface area contributed by atoms with E-state index in [0.29, 0.717) is 6.42 Å². The first-order valence-electron chi connectivity index (χ1n) is 6.82. The molecule has 1 amide bonds. The molecule has 0 aliphatic heterocycles. The van der Waals surface area contributed by atoms with Crippen LogP contribution in [0.25, 0.3) is 0 Å². The van der Waals surface area contributed by atoms with E-state index in [-0.39, 0.29) is 16.4 Å². The summed E-state index contributed by atoms with van der Waals surface area (Å²) in [6.45, 7) is 0. The van der Waals surface area contributed by atoms with Gasteiger partial charge in [-0.2, -0.15) is 0 Å². The Morgan fingerprint density at radius 2 is 2.09 bits per heavy atom. The Labute approximate surface area is 130 Å². The molecule has 7 heteroatoms. The third-order valence-electron chi connectivity index (χ3n) is 3.27. The number of hydrogen-bond acceptors (Lipinski definition) is 4. The first-order valence-corrected chi connectivity index (χ1v) is 7.97. The summed E-state index contributed by atoms with van der Waals surface area (Å²) in [5.74, 6) is -1.28. The van der Waals surface area contributed by atoms with Crippen molar-refractivity contribution in [2.75, 3.05) is 0 Å². The van der Waals surface area contributed by atoms with Gasteiger partial charge in [0.2, 0.25) is 5.91 Å². The van der Waals surface area contributed by atoms with E-state index >= 15 is 0 Å². The van der Waals surface area contributed by atoms with E-state index in [2.05, 4.69) is 4.72 Å². The minimum atomic E-state index is -1.73. The van der Waals surface area contributed by atoms with Crippen molar-refractivity contribution in [1.29, 1.82) is 0 Å². The van der Waals surface area contributed by atoms with Crippen LogP contribution in [0.15, 0.2) is 46.9 Å². The van der Waals surface area contributed by atoms with E-state index in [1.165, 1.54) is 18.2 Å². The molecule has 0 spiro atoms. The molecule has 1 aliphatic carbocycles. The number of rotatable bonds is 6. The summed E-state index contributed by atoms with van der Waals surface area (Å²) in [6, 6.07) is 3.02. The molecule has 118 valence electrons. The zero-order valence-electron chi connectivity index (χ0n) is 11.9. The summed E-state index contributed by atoms with van der Waals surface area (Å²) in [4.78, 5) is 11.8. The second kappa shape index (κ2) is 7.24. The van der Waals surface area contributed by atoms with Gasteiger partial charge in [-0.15, -0.1) is 0 Å². The van der Waals surface area contributed by atoms with E-state index in [9.17, 15) is 19.2 Å². The van der Waals surface area contributed by atoms with Gasteiger partial charge in [-0.25, -0.2) is 8.93 Å². The maximum atomic E-state index is 12.2. The number of phenolic OH excluding ortho intramolecular Hbond substituents is 2. The van der Waals surface area contributed by atoms with E-state index < -0.39 is 22.9 Å². The molecule has 6 nitrogen and oxygen atoms in total. The van der Waals surface area contributed by atoms with Crippen LogP contribution < -0.4 is 10.5 Å². The first-order chi connectivity index (χ1) is 10.5. The van der Waals surface area contributed by atoms with Gasteiger partial charge in [0.05, 0.1) is 4.90 Å². The van der Waals surface area contributed by atoms with Crippen LogP contribution in [0.5, 0.6) is 11.5 Å². The van der Waals surface area contributed by atoms with Gasteiger partial charge in [-0.3, -0.25) is 4.79 Å². The molecule has 5 N–H and O–H groups in total. The quantitative estimate of drug-likeness (QED) is 0.590. The van der Waals surface area contributed by atoms with Crippen molar-refractivity contribution in [2.45, 2.75) is 30.2 Å². The highest BCUT2D eigenvalue weighted by atomic mass is 32.2. The molecule has 1 aromatic carbocycles.